The van der Waals surface area contributed by atoms with E-state index >= 15 is 0 Å². The molecule has 0 aliphatic rings. The molecule has 0 aliphatic carbocycles. The third-order valence-corrected chi connectivity index (χ3v) is 3.32. The third-order valence-electron chi connectivity index (χ3n) is 3.32. The number of hydrogen-bond donors (Lipinski definition) is 12. The molecule has 0 atom stereocenters. The van der Waals surface area contributed by atoms with Crippen molar-refractivity contribution < 1.29 is 119 Å². The molecule has 0 amide bonds. The Morgan fingerprint density at radius 2 is 0.208 bits per heavy atom. The Bertz CT molecular complexity index is 797. The van der Waals surface area contributed by atoms with Crippen molar-refractivity contribution in [3.05, 3.63) is 0 Å². The number of carbonyl (C=O) groups is 12. The number of aliphatic carboxylic acids is 12. The van der Waals surface area contributed by atoms with Gasteiger partial charge in [-0.2, -0.15) is 0 Å². The first-order valence-electron chi connectivity index (χ1n) is 12.4. The van der Waals surface area contributed by atoms with Gasteiger partial charge in [-0.15, -0.1) is 0 Å². The average molecular weight is 829 g/mol. The van der Waals surface area contributed by atoms with Crippen LogP contribution in [-0.2, 0) is 57.5 Å². The van der Waals surface area contributed by atoms with E-state index in [9.17, 15) is 57.5 Å². The topological polar surface area (TPSA) is 448 Å². The normalized spacial score (nSPS) is 7.70. The number of rotatable bonds is 18. The van der Waals surface area contributed by atoms with Crippen molar-refractivity contribution in [2.75, 3.05) is 0 Å². The van der Waals surface area contributed by atoms with E-state index in [2.05, 4.69) is 0 Å². The molecule has 0 rings (SSSR count). The minimum absolute atomic E-state index is 0. The second kappa shape index (κ2) is 57.4. The van der Waals surface area contributed by atoms with Crippen molar-refractivity contribution in [2.45, 2.75) is 77.0 Å². The summed E-state index contributed by atoms with van der Waals surface area (Å²) in [5, 5.41) is 94.8. The van der Waals surface area contributed by atoms with Crippen LogP contribution in [-0.4, -0.2) is 281 Å². The second-order valence-electron chi connectivity index (χ2n) is 7.72. The number of carboxylic acid groups (broad SMARTS) is 12. The van der Waals surface area contributed by atoms with Gasteiger partial charge in [0.1, 0.15) is 0 Å². The van der Waals surface area contributed by atoms with Crippen LogP contribution in [0.15, 0.2) is 0 Å². The Balaban J connectivity index is -0.0000000436. The Labute approximate surface area is 410 Å². The van der Waals surface area contributed by atoms with Gasteiger partial charge in [-0.3, -0.25) is 57.5 Å². The van der Waals surface area contributed by atoms with Crippen LogP contribution < -0.4 is 0 Å². The van der Waals surface area contributed by atoms with Gasteiger partial charge in [0.2, 0.25) is 0 Å². The molecule has 12 N–H and O–H groups in total. The molecule has 0 aliphatic heterocycles. The van der Waals surface area contributed by atoms with E-state index in [0.29, 0.717) is 0 Å². The van der Waals surface area contributed by atoms with Gasteiger partial charge in [0.05, 0.1) is 77.0 Å². The van der Waals surface area contributed by atoms with E-state index < -0.39 is 71.6 Å². The Morgan fingerprint density at radius 1 is 0.170 bits per heavy atom. The van der Waals surface area contributed by atoms with E-state index in [0.717, 1.165) is 0 Å². The van der Waals surface area contributed by atoms with Crippen molar-refractivity contribution in [3.63, 3.8) is 0 Å². The van der Waals surface area contributed by atoms with Gasteiger partial charge in [0, 0.05) is 0 Å². The molecule has 0 spiro atoms. The van der Waals surface area contributed by atoms with Gasteiger partial charge in [-0.05, 0) is 0 Å². The summed E-state index contributed by atoms with van der Waals surface area (Å²) in [5.41, 5.74) is 0. The van der Waals surface area contributed by atoms with Crippen LogP contribution >= 0.6 is 0 Å². The summed E-state index contributed by atoms with van der Waals surface area (Å²) in [7, 11) is 0. The fourth-order valence-corrected chi connectivity index (χ4v) is 1.28. The molecule has 0 radical (unpaired) electrons. The summed E-state index contributed by atoms with van der Waals surface area (Å²) in [5.74, 6) is -12.9. The Morgan fingerprint density at radius 3 is 0.226 bits per heavy atom. The van der Waals surface area contributed by atoms with Gasteiger partial charge >= 0.3 is 219 Å². The molecule has 0 aromatic heterocycles. The average Bonchev–Trinajstić information content (AvgIpc) is 2.92. The molecular weight excluding hydrogens is 787 g/mol. The van der Waals surface area contributed by atoms with Crippen molar-refractivity contribution in [3.8, 4) is 0 Å². The summed E-state index contributed by atoms with van der Waals surface area (Å²) in [4.78, 5) is 116. The molecule has 29 heteroatoms. The van der Waals surface area contributed by atoms with Crippen LogP contribution in [0.3, 0.4) is 0 Å². The Kier molecular flexibility index (Phi) is 86.8. The van der Waals surface area contributed by atoms with Crippen LogP contribution in [0.2, 0.25) is 0 Å². The zero-order chi connectivity index (χ0) is 39.4. The first kappa shape index (κ1) is 80.2. The number of hydrogen-bond acceptors (Lipinski definition) is 12. The maximum atomic E-state index is 9.64. The fourth-order valence-electron chi connectivity index (χ4n) is 1.28. The van der Waals surface area contributed by atoms with Crippen LogP contribution in [0.5, 0.6) is 0 Å². The molecule has 0 unspecified atom stereocenters. The summed E-state index contributed by atoms with van der Waals surface area (Å²) < 4.78 is 0. The van der Waals surface area contributed by atoms with Crippen LogP contribution in [0.4, 0.5) is 0 Å². The zero-order valence-corrected chi connectivity index (χ0v) is 24.8. The molecule has 0 aromatic rings. The molecule has 286 valence electrons. The van der Waals surface area contributed by atoms with Gasteiger partial charge in [0.15, 0.2) is 0 Å². The first-order valence-corrected chi connectivity index (χ1v) is 12.4. The molecule has 0 aromatic carbocycles. The molecule has 0 saturated carbocycles. The zero-order valence-electron chi connectivity index (χ0n) is 24.8. The minimum atomic E-state index is -1.08. The van der Waals surface area contributed by atoms with E-state index in [-0.39, 0.29) is 225 Å². The van der Waals surface area contributed by atoms with Gasteiger partial charge in [-0.25, -0.2) is 0 Å². The van der Waals surface area contributed by atoms with Gasteiger partial charge < -0.3 is 61.3 Å². The monoisotopic (exact) mass is 828 g/mol. The van der Waals surface area contributed by atoms with Crippen LogP contribution in [0.1, 0.15) is 77.0 Å². The van der Waals surface area contributed by atoms with E-state index in [1.807, 2.05) is 0 Å². The quantitative estimate of drug-likeness (QED) is 0.0593. The predicted molar refractivity (Wildman–Crippen MR) is 183 cm³/mol. The maximum absolute atomic E-state index is 9.64. The molecular formula is C24H41Na5O24. The van der Waals surface area contributed by atoms with Crippen molar-refractivity contribution in [1.29, 1.82) is 0 Å². The van der Waals surface area contributed by atoms with Gasteiger partial charge in [0.25, 0.3) is 0 Å². The summed E-state index contributed by atoms with van der Waals surface area (Å²) in [6.45, 7) is 0. The molecule has 0 fully saturated rings. The molecule has 53 heavy (non-hydrogen) atoms. The van der Waals surface area contributed by atoms with Gasteiger partial charge in [-0.1, -0.05) is 0 Å². The second-order valence-corrected chi connectivity index (χ2v) is 7.72. The summed E-state index contributed by atoms with van der Waals surface area (Å²) >= 11 is 0. The summed E-state index contributed by atoms with van der Waals surface area (Å²) in [6.07, 6.45) is -3.56. The van der Waals surface area contributed by atoms with Crippen molar-refractivity contribution in [1.82, 2.24) is 0 Å². The van der Waals surface area contributed by atoms with Crippen LogP contribution in [0, 0.1) is 0 Å². The van der Waals surface area contributed by atoms with E-state index in [1.165, 1.54) is 0 Å². The standard InChI is InChI=1S/6C4H6O4.5Na.5H/c6*5-3(6)1-2-4(7)8;;;;;;;;;;/h6*1-2H2,(H,5,6)(H,7,8);;;;;;;;;;. The number of carboxylic acids is 12. The first-order chi connectivity index (χ1) is 21.8. The van der Waals surface area contributed by atoms with Crippen molar-refractivity contribution >= 4 is 219 Å². The SMILES string of the molecule is O=C(O)CCC(=O)O.O=C(O)CCC(=O)O.O=C(O)CCC(=O)O.O=C(O)CCC(=O)O.O=C(O)CCC(=O)O.O=C(O)CCC(=O)O.[NaH].[NaH].[NaH].[NaH].[NaH]. The molecule has 0 bridgehead atoms. The molecule has 0 heterocycles. The predicted octanol–water partition coefficient (Wildman–Crippen LogP) is -3.63. The van der Waals surface area contributed by atoms with Crippen molar-refractivity contribution in [2.24, 2.45) is 0 Å². The van der Waals surface area contributed by atoms with Crippen LogP contribution in [0.25, 0.3) is 0 Å². The Hall–Kier alpha value is -1.36. The summed E-state index contributed by atoms with van der Waals surface area (Å²) in [6, 6.07) is 0. The molecule has 24 nitrogen and oxygen atoms in total. The molecule has 0 saturated heterocycles. The van der Waals surface area contributed by atoms with E-state index in [4.69, 9.17) is 61.3 Å². The third kappa shape index (κ3) is 146. The van der Waals surface area contributed by atoms with E-state index in [1.54, 1.807) is 0 Å². The fraction of sp³-hybridized carbons (Fsp3) is 0.500.